The van der Waals surface area contributed by atoms with Gasteiger partial charge in [-0.05, 0) is 52.4 Å². The molecule has 0 bridgehead atoms. The first-order chi connectivity index (χ1) is 10.9. The molecule has 1 aliphatic rings. The summed E-state index contributed by atoms with van der Waals surface area (Å²) in [4.78, 5) is 16.5. The van der Waals surface area contributed by atoms with Crippen LogP contribution < -0.4 is 16.0 Å². The third-order valence-electron chi connectivity index (χ3n) is 4.70. The summed E-state index contributed by atoms with van der Waals surface area (Å²) in [5.41, 5.74) is -0.490. The van der Waals surface area contributed by atoms with Gasteiger partial charge in [0.2, 0.25) is 5.91 Å². The van der Waals surface area contributed by atoms with Crippen LogP contribution in [0.3, 0.4) is 0 Å². The highest BCUT2D eigenvalue weighted by Gasteiger charge is 2.27. The van der Waals surface area contributed by atoms with Gasteiger partial charge in [0.15, 0.2) is 5.96 Å². The summed E-state index contributed by atoms with van der Waals surface area (Å²) in [6, 6.07) is 0.504. The highest BCUT2D eigenvalue weighted by molar-refractivity contribution is 14.0. The second-order valence-electron chi connectivity index (χ2n) is 7.31. The first-order valence-electron chi connectivity index (χ1n) is 9.20. The third-order valence-corrected chi connectivity index (χ3v) is 4.70. The van der Waals surface area contributed by atoms with Crippen LogP contribution in [-0.4, -0.2) is 38.0 Å². The molecule has 0 aliphatic heterocycles. The van der Waals surface area contributed by atoms with Crippen molar-refractivity contribution in [3.63, 3.8) is 0 Å². The maximum Gasteiger partial charge on any atom is 0.227 e. The molecule has 0 aromatic heterocycles. The maximum absolute atomic E-state index is 11.9. The van der Waals surface area contributed by atoms with Crippen molar-refractivity contribution in [2.45, 2.75) is 72.3 Å². The monoisotopic (exact) mass is 452 g/mol. The fourth-order valence-corrected chi connectivity index (χ4v) is 3.20. The van der Waals surface area contributed by atoms with E-state index in [1.807, 2.05) is 13.8 Å². The van der Waals surface area contributed by atoms with Crippen LogP contribution in [0.15, 0.2) is 4.99 Å². The molecule has 24 heavy (non-hydrogen) atoms. The largest absolute Gasteiger partial charge is 0.359 e. The van der Waals surface area contributed by atoms with Crippen LogP contribution in [0.4, 0.5) is 0 Å². The molecule has 6 heteroatoms. The van der Waals surface area contributed by atoms with Gasteiger partial charge in [-0.3, -0.25) is 9.79 Å². The highest BCUT2D eigenvalue weighted by atomic mass is 127. The molecule has 1 aliphatic carbocycles. The summed E-state index contributed by atoms with van der Waals surface area (Å²) >= 11 is 0. The lowest BCUT2D eigenvalue weighted by atomic mass is 9.83. The molecule has 5 nitrogen and oxygen atoms in total. The Morgan fingerprint density at radius 3 is 2.29 bits per heavy atom. The molecule has 0 radical (unpaired) electrons. The Morgan fingerprint density at radius 2 is 1.79 bits per heavy atom. The van der Waals surface area contributed by atoms with E-state index in [1.54, 1.807) is 7.05 Å². The van der Waals surface area contributed by atoms with Crippen LogP contribution >= 0.6 is 24.0 Å². The van der Waals surface area contributed by atoms with E-state index in [9.17, 15) is 4.79 Å². The van der Waals surface area contributed by atoms with E-state index in [0.717, 1.165) is 18.4 Å². The fraction of sp³-hybridized carbons (Fsp3) is 0.889. The second-order valence-corrected chi connectivity index (χ2v) is 7.31. The third kappa shape index (κ3) is 8.03. The van der Waals surface area contributed by atoms with E-state index < -0.39 is 5.41 Å². The number of carbonyl (C=O) groups is 1. The van der Waals surface area contributed by atoms with E-state index in [-0.39, 0.29) is 29.9 Å². The standard InChI is InChI=1S/C18H36N4O.HI/c1-6-8-14-9-11-15(12-10-14)22-17(20-7-2)21-13-18(3,4)16(23)19-5;/h14-15H,6-13H2,1-5H3,(H,19,23)(H2,20,21,22);1H. The molecule has 0 heterocycles. The van der Waals surface area contributed by atoms with Gasteiger partial charge in [0.05, 0.1) is 12.0 Å². The number of hydrogen-bond acceptors (Lipinski definition) is 2. The van der Waals surface area contributed by atoms with Crippen molar-refractivity contribution >= 4 is 35.8 Å². The predicted molar refractivity (Wildman–Crippen MR) is 113 cm³/mol. The molecule has 1 rings (SSSR count). The minimum absolute atomic E-state index is 0. The van der Waals surface area contributed by atoms with E-state index in [1.165, 1.54) is 38.5 Å². The Balaban J connectivity index is 0.00000529. The van der Waals surface area contributed by atoms with Gasteiger partial charge in [0.25, 0.3) is 0 Å². The van der Waals surface area contributed by atoms with Gasteiger partial charge in [0, 0.05) is 19.6 Å². The predicted octanol–water partition coefficient (Wildman–Crippen LogP) is 3.29. The van der Waals surface area contributed by atoms with Crippen molar-refractivity contribution in [3.05, 3.63) is 0 Å². The minimum Gasteiger partial charge on any atom is -0.359 e. The summed E-state index contributed by atoms with van der Waals surface area (Å²) in [6.45, 7) is 9.50. The summed E-state index contributed by atoms with van der Waals surface area (Å²) in [5, 5.41) is 9.57. The number of carbonyl (C=O) groups excluding carboxylic acids is 1. The molecule has 0 spiro atoms. The molecule has 0 aromatic rings. The number of hydrogen-bond donors (Lipinski definition) is 3. The van der Waals surface area contributed by atoms with Crippen molar-refractivity contribution in [3.8, 4) is 0 Å². The molecule has 0 unspecified atom stereocenters. The zero-order valence-corrected chi connectivity index (χ0v) is 18.4. The number of halogens is 1. The Bertz CT molecular complexity index is 390. The second kappa shape index (κ2) is 11.9. The topological polar surface area (TPSA) is 65.5 Å². The fourth-order valence-electron chi connectivity index (χ4n) is 3.20. The molecule has 1 fully saturated rings. The summed E-state index contributed by atoms with van der Waals surface area (Å²) in [6.07, 6.45) is 7.72. The Hall–Kier alpha value is -0.530. The van der Waals surface area contributed by atoms with E-state index in [0.29, 0.717) is 12.6 Å². The SMILES string of the molecule is CCCC1CCC(NC(=NCC(C)(C)C(=O)NC)NCC)CC1.I. The van der Waals surface area contributed by atoms with Gasteiger partial charge >= 0.3 is 0 Å². The van der Waals surface area contributed by atoms with Gasteiger partial charge in [-0.1, -0.05) is 19.8 Å². The van der Waals surface area contributed by atoms with Crippen LogP contribution in [0.25, 0.3) is 0 Å². The number of amides is 1. The molecule has 0 saturated heterocycles. The summed E-state index contributed by atoms with van der Waals surface area (Å²) < 4.78 is 0. The van der Waals surface area contributed by atoms with Gasteiger partial charge in [-0.2, -0.15) is 0 Å². The summed E-state index contributed by atoms with van der Waals surface area (Å²) in [7, 11) is 1.67. The van der Waals surface area contributed by atoms with Gasteiger partial charge in [-0.25, -0.2) is 0 Å². The molecular weight excluding hydrogens is 415 g/mol. The average Bonchev–Trinajstić information content (AvgIpc) is 2.54. The number of guanidine groups is 1. The molecular formula is C18H37IN4O. The van der Waals surface area contributed by atoms with Crippen LogP contribution in [0.1, 0.15) is 66.2 Å². The highest BCUT2D eigenvalue weighted by Crippen LogP contribution is 2.27. The molecule has 1 saturated carbocycles. The van der Waals surface area contributed by atoms with E-state index >= 15 is 0 Å². The zero-order chi connectivity index (χ0) is 17.3. The lowest BCUT2D eigenvalue weighted by molar-refractivity contribution is -0.128. The number of nitrogens with one attached hydrogen (secondary N) is 3. The maximum atomic E-state index is 11.9. The van der Waals surface area contributed by atoms with Crippen molar-refractivity contribution in [2.24, 2.45) is 16.3 Å². The van der Waals surface area contributed by atoms with E-state index in [4.69, 9.17) is 0 Å². The Morgan fingerprint density at radius 1 is 1.17 bits per heavy atom. The number of aliphatic imine (C=N–C) groups is 1. The van der Waals surface area contributed by atoms with Crippen LogP contribution in [0.2, 0.25) is 0 Å². The number of nitrogens with zero attached hydrogens (tertiary/aromatic N) is 1. The first-order valence-corrected chi connectivity index (χ1v) is 9.20. The smallest absolute Gasteiger partial charge is 0.227 e. The molecule has 1 amide bonds. The Labute approximate surface area is 165 Å². The first kappa shape index (κ1) is 23.5. The van der Waals surface area contributed by atoms with Crippen LogP contribution in [0, 0.1) is 11.3 Å². The Kier molecular flexibility index (Phi) is 11.7. The lowest BCUT2D eigenvalue weighted by Gasteiger charge is -2.30. The zero-order valence-electron chi connectivity index (χ0n) is 16.1. The van der Waals surface area contributed by atoms with Crippen molar-refractivity contribution in [2.75, 3.05) is 20.1 Å². The normalized spacial score (nSPS) is 21.6. The van der Waals surface area contributed by atoms with Crippen LogP contribution in [-0.2, 0) is 4.79 Å². The van der Waals surface area contributed by atoms with Crippen molar-refractivity contribution in [1.82, 2.24) is 16.0 Å². The molecule has 142 valence electrons. The van der Waals surface area contributed by atoms with E-state index in [2.05, 4.69) is 34.8 Å². The van der Waals surface area contributed by atoms with Crippen molar-refractivity contribution < 1.29 is 4.79 Å². The quantitative estimate of drug-likeness (QED) is 0.316. The van der Waals surface area contributed by atoms with Gasteiger partial charge in [0.1, 0.15) is 0 Å². The van der Waals surface area contributed by atoms with Gasteiger partial charge in [-0.15, -0.1) is 24.0 Å². The molecule has 0 atom stereocenters. The van der Waals surface area contributed by atoms with Crippen molar-refractivity contribution in [1.29, 1.82) is 0 Å². The van der Waals surface area contributed by atoms with Crippen LogP contribution in [0.5, 0.6) is 0 Å². The molecule has 0 aromatic carbocycles. The number of rotatable bonds is 7. The average molecular weight is 452 g/mol. The lowest BCUT2D eigenvalue weighted by Crippen LogP contribution is -2.46. The molecule has 3 N–H and O–H groups in total. The minimum atomic E-state index is -0.490. The summed E-state index contributed by atoms with van der Waals surface area (Å²) in [5.74, 6) is 1.77. The van der Waals surface area contributed by atoms with Gasteiger partial charge < -0.3 is 16.0 Å².